The second-order valence-corrected chi connectivity index (χ2v) is 7.51. The first-order chi connectivity index (χ1) is 14.8. The minimum absolute atomic E-state index is 0.140. The Morgan fingerprint density at radius 3 is 2.29 bits per heavy atom. The van der Waals surface area contributed by atoms with Crippen LogP contribution in [0.2, 0.25) is 0 Å². The molecule has 160 valence electrons. The number of fused-ring (bicyclic) bond motifs is 3. The topological polar surface area (TPSA) is 90.9 Å². The van der Waals surface area contributed by atoms with Gasteiger partial charge in [-0.3, -0.25) is 4.79 Å². The van der Waals surface area contributed by atoms with Gasteiger partial charge in [0.1, 0.15) is 22.7 Å². The van der Waals surface area contributed by atoms with Crippen LogP contribution in [0.1, 0.15) is 22.3 Å². The summed E-state index contributed by atoms with van der Waals surface area (Å²) >= 11 is 0. The summed E-state index contributed by atoms with van der Waals surface area (Å²) in [5.74, 6) is 0.730. The maximum atomic E-state index is 12.7. The molecule has 0 atom stereocenters. The maximum absolute atomic E-state index is 12.7. The number of ether oxygens (including phenoxy) is 2. The van der Waals surface area contributed by atoms with Crippen molar-refractivity contribution in [3.8, 4) is 11.5 Å². The van der Waals surface area contributed by atoms with Crippen molar-refractivity contribution in [2.24, 2.45) is 0 Å². The van der Waals surface area contributed by atoms with Gasteiger partial charge in [-0.15, -0.1) is 0 Å². The van der Waals surface area contributed by atoms with Crippen molar-refractivity contribution in [1.29, 1.82) is 0 Å². The fraction of sp³-hybridized carbons (Fsp3) is 0.250. The monoisotopic (exact) mass is 421 g/mol. The van der Waals surface area contributed by atoms with E-state index in [9.17, 15) is 9.59 Å². The summed E-state index contributed by atoms with van der Waals surface area (Å²) in [5.41, 5.74) is 4.01. The van der Waals surface area contributed by atoms with Gasteiger partial charge in [0.05, 0.1) is 37.9 Å². The van der Waals surface area contributed by atoms with Gasteiger partial charge in [0, 0.05) is 29.3 Å². The number of carbonyl (C=O) groups excluding carboxylic acids is 1. The van der Waals surface area contributed by atoms with Gasteiger partial charge in [-0.2, -0.15) is 0 Å². The number of carbonyl (C=O) groups is 1. The van der Waals surface area contributed by atoms with Crippen LogP contribution in [0.15, 0.2) is 44.2 Å². The highest BCUT2D eigenvalue weighted by atomic mass is 16.5. The molecular weight excluding hydrogens is 398 g/mol. The van der Waals surface area contributed by atoms with Crippen molar-refractivity contribution < 1.29 is 23.1 Å². The normalized spacial score (nSPS) is 11.1. The number of hydrogen-bond acceptors (Lipinski definition) is 6. The summed E-state index contributed by atoms with van der Waals surface area (Å²) < 4.78 is 21.8. The number of hydrogen-bond donors (Lipinski definition) is 1. The molecule has 0 radical (unpaired) electrons. The number of rotatable bonds is 5. The summed E-state index contributed by atoms with van der Waals surface area (Å²) in [6.45, 7) is 5.72. The third-order valence-corrected chi connectivity index (χ3v) is 5.44. The highest BCUT2D eigenvalue weighted by molar-refractivity contribution is 6.07. The molecule has 0 aliphatic rings. The van der Waals surface area contributed by atoms with E-state index in [4.69, 9.17) is 18.3 Å². The predicted octanol–water partition coefficient (Wildman–Crippen LogP) is 4.66. The van der Waals surface area contributed by atoms with E-state index in [1.807, 2.05) is 26.8 Å². The van der Waals surface area contributed by atoms with E-state index in [1.54, 1.807) is 24.5 Å². The van der Waals surface area contributed by atoms with Gasteiger partial charge in [-0.05, 0) is 43.5 Å². The number of amides is 1. The smallest absolute Gasteiger partial charge is 0.340 e. The van der Waals surface area contributed by atoms with Gasteiger partial charge in [0.25, 0.3) is 0 Å². The Labute approximate surface area is 178 Å². The lowest BCUT2D eigenvalue weighted by Crippen LogP contribution is -2.20. The number of aryl methyl sites for hydroxylation is 3. The van der Waals surface area contributed by atoms with Crippen molar-refractivity contribution in [1.82, 2.24) is 0 Å². The van der Waals surface area contributed by atoms with Crippen LogP contribution in [-0.4, -0.2) is 20.1 Å². The second-order valence-electron chi connectivity index (χ2n) is 7.51. The molecule has 1 amide bonds. The van der Waals surface area contributed by atoms with Crippen LogP contribution in [-0.2, 0) is 11.2 Å². The van der Waals surface area contributed by atoms with Crippen LogP contribution < -0.4 is 20.4 Å². The van der Waals surface area contributed by atoms with Gasteiger partial charge >= 0.3 is 5.63 Å². The van der Waals surface area contributed by atoms with Gasteiger partial charge in [-0.25, -0.2) is 4.79 Å². The van der Waals surface area contributed by atoms with Crippen molar-refractivity contribution in [3.63, 3.8) is 0 Å². The van der Waals surface area contributed by atoms with E-state index in [-0.39, 0.29) is 12.3 Å². The van der Waals surface area contributed by atoms with E-state index in [2.05, 4.69) is 5.32 Å². The van der Waals surface area contributed by atoms with E-state index in [1.165, 1.54) is 14.2 Å². The molecule has 0 bridgehead atoms. The molecule has 0 fully saturated rings. The van der Waals surface area contributed by atoms with E-state index < -0.39 is 5.63 Å². The fourth-order valence-electron chi connectivity index (χ4n) is 3.92. The highest BCUT2D eigenvalue weighted by Gasteiger charge is 2.20. The first kappa shape index (κ1) is 20.5. The molecule has 2 aromatic heterocycles. The second kappa shape index (κ2) is 7.83. The molecule has 0 spiro atoms. The standard InChI is InChI=1S/C24H23NO6/c1-12-6-19-22(23-21(12)13(2)11-30-23)14(3)18(24(27)31-19)10-20(26)25-15-7-16(28-4)9-17(8-15)29-5/h6-9,11H,10H2,1-5H3,(H,25,26). The van der Waals surface area contributed by atoms with E-state index >= 15 is 0 Å². The lowest BCUT2D eigenvalue weighted by molar-refractivity contribution is -0.115. The first-order valence-electron chi connectivity index (χ1n) is 9.79. The molecule has 0 saturated carbocycles. The van der Waals surface area contributed by atoms with Crippen LogP contribution in [0, 0.1) is 20.8 Å². The number of nitrogens with one attached hydrogen (secondary N) is 1. The Kier molecular flexibility index (Phi) is 5.19. The molecule has 0 aliphatic heterocycles. The molecule has 2 aromatic carbocycles. The Morgan fingerprint density at radius 2 is 1.65 bits per heavy atom. The van der Waals surface area contributed by atoms with Crippen molar-refractivity contribution >= 4 is 33.5 Å². The summed E-state index contributed by atoms with van der Waals surface area (Å²) in [5, 5.41) is 4.49. The molecular formula is C24H23NO6. The third kappa shape index (κ3) is 3.63. The van der Waals surface area contributed by atoms with Gasteiger partial charge in [0.15, 0.2) is 0 Å². The van der Waals surface area contributed by atoms with Crippen LogP contribution >= 0.6 is 0 Å². The van der Waals surface area contributed by atoms with E-state index in [0.29, 0.717) is 44.9 Å². The van der Waals surface area contributed by atoms with Gasteiger partial charge in [0.2, 0.25) is 5.91 Å². The van der Waals surface area contributed by atoms with Gasteiger partial charge < -0.3 is 23.6 Å². The zero-order valence-corrected chi connectivity index (χ0v) is 18.0. The van der Waals surface area contributed by atoms with Crippen LogP contribution in [0.4, 0.5) is 5.69 Å². The predicted molar refractivity (Wildman–Crippen MR) is 118 cm³/mol. The first-order valence-corrected chi connectivity index (χ1v) is 9.79. The Bertz CT molecular complexity index is 1360. The Hall–Kier alpha value is -3.74. The molecule has 2 heterocycles. The molecule has 7 nitrogen and oxygen atoms in total. The number of methoxy groups -OCH3 is 2. The average molecular weight is 421 g/mol. The van der Waals surface area contributed by atoms with Crippen molar-refractivity contribution in [2.75, 3.05) is 19.5 Å². The number of anilines is 1. The fourth-order valence-corrected chi connectivity index (χ4v) is 3.92. The summed E-state index contributed by atoms with van der Waals surface area (Å²) in [6, 6.07) is 6.89. The zero-order chi connectivity index (χ0) is 22.3. The quantitative estimate of drug-likeness (QED) is 0.471. The highest BCUT2D eigenvalue weighted by Crippen LogP contribution is 2.34. The molecule has 1 N–H and O–H groups in total. The lowest BCUT2D eigenvalue weighted by Gasteiger charge is -2.11. The van der Waals surface area contributed by atoms with Crippen molar-refractivity contribution in [3.05, 3.63) is 63.2 Å². The average Bonchev–Trinajstić information content (AvgIpc) is 3.12. The molecule has 7 heteroatoms. The molecule has 4 rings (SSSR count). The largest absolute Gasteiger partial charge is 0.497 e. The zero-order valence-electron chi connectivity index (χ0n) is 18.0. The number of benzene rings is 2. The third-order valence-electron chi connectivity index (χ3n) is 5.44. The maximum Gasteiger partial charge on any atom is 0.340 e. The lowest BCUT2D eigenvalue weighted by atomic mass is 9.98. The molecule has 31 heavy (non-hydrogen) atoms. The molecule has 0 saturated heterocycles. The summed E-state index contributed by atoms with van der Waals surface area (Å²) in [6.07, 6.45) is 1.54. The molecule has 4 aromatic rings. The molecule has 0 aliphatic carbocycles. The summed E-state index contributed by atoms with van der Waals surface area (Å²) in [4.78, 5) is 25.4. The SMILES string of the molecule is COc1cc(NC(=O)Cc2c(C)c3c(cc(C)c4c(C)coc43)oc2=O)cc(OC)c1. The van der Waals surface area contributed by atoms with Crippen molar-refractivity contribution in [2.45, 2.75) is 27.2 Å². The van der Waals surface area contributed by atoms with E-state index in [0.717, 1.165) is 16.5 Å². The minimum Gasteiger partial charge on any atom is -0.497 e. The Balaban J connectivity index is 1.73. The van der Waals surface area contributed by atoms with Crippen LogP contribution in [0.5, 0.6) is 11.5 Å². The number of furan rings is 1. The Morgan fingerprint density at radius 1 is 0.968 bits per heavy atom. The minimum atomic E-state index is -0.537. The van der Waals surface area contributed by atoms with Crippen LogP contribution in [0.3, 0.4) is 0 Å². The van der Waals surface area contributed by atoms with Crippen LogP contribution in [0.25, 0.3) is 21.9 Å². The molecule has 0 unspecified atom stereocenters. The summed E-state index contributed by atoms with van der Waals surface area (Å²) in [7, 11) is 3.06. The van der Waals surface area contributed by atoms with Gasteiger partial charge in [-0.1, -0.05) is 0 Å².